The van der Waals surface area contributed by atoms with Crippen LogP contribution in [0.4, 0.5) is 11.6 Å². The van der Waals surface area contributed by atoms with E-state index in [1.54, 1.807) is 10.9 Å². The van der Waals surface area contributed by atoms with Gasteiger partial charge in [-0.05, 0) is 75.0 Å². The van der Waals surface area contributed by atoms with E-state index in [2.05, 4.69) is 51.8 Å². The molecule has 174 valence electrons. The van der Waals surface area contributed by atoms with Crippen molar-refractivity contribution in [3.05, 3.63) is 69.9 Å². The molecule has 0 bridgehead atoms. The summed E-state index contributed by atoms with van der Waals surface area (Å²) < 4.78 is 3.67. The number of hydrogen-bond acceptors (Lipinski definition) is 6. The van der Waals surface area contributed by atoms with Crippen LogP contribution in [0.1, 0.15) is 56.5 Å². The molecule has 3 aromatic heterocycles. The van der Waals surface area contributed by atoms with Gasteiger partial charge in [0.1, 0.15) is 5.39 Å². The highest BCUT2D eigenvalue weighted by atomic mass is 16.1. The normalized spacial score (nSPS) is 16.6. The van der Waals surface area contributed by atoms with Crippen LogP contribution in [0, 0.1) is 0 Å². The predicted octanol–water partition coefficient (Wildman–Crippen LogP) is 4.00. The van der Waals surface area contributed by atoms with Crippen molar-refractivity contribution in [3.8, 4) is 5.69 Å². The van der Waals surface area contributed by atoms with Crippen molar-refractivity contribution >= 4 is 22.7 Å². The van der Waals surface area contributed by atoms with Crippen LogP contribution in [0.5, 0.6) is 0 Å². The van der Waals surface area contributed by atoms with Gasteiger partial charge < -0.3 is 10.6 Å². The Balaban J connectivity index is 1.46. The molecular formula is C26H29N7O. The highest BCUT2D eigenvalue weighted by Crippen LogP contribution is 2.46. The van der Waals surface area contributed by atoms with Gasteiger partial charge in [-0.25, -0.2) is 14.3 Å². The number of fused-ring (bicyclic) bond motifs is 2. The van der Waals surface area contributed by atoms with Gasteiger partial charge in [-0.3, -0.25) is 9.78 Å². The molecule has 4 heterocycles. The van der Waals surface area contributed by atoms with Crippen LogP contribution in [-0.2, 0) is 18.4 Å². The molecule has 4 aromatic rings. The Bertz CT molecular complexity index is 1460. The van der Waals surface area contributed by atoms with E-state index in [1.165, 1.54) is 11.1 Å². The zero-order chi connectivity index (χ0) is 23.4. The Morgan fingerprint density at radius 3 is 2.76 bits per heavy atom. The number of benzene rings is 1. The van der Waals surface area contributed by atoms with E-state index in [0.29, 0.717) is 17.0 Å². The first-order valence-electron chi connectivity index (χ1n) is 12.0. The lowest BCUT2D eigenvalue weighted by atomic mass is 10.0. The van der Waals surface area contributed by atoms with Crippen LogP contribution in [0.25, 0.3) is 16.7 Å². The molecule has 0 amide bonds. The summed E-state index contributed by atoms with van der Waals surface area (Å²) >= 11 is 0. The number of anilines is 2. The number of hydrogen-bond donors (Lipinski definition) is 2. The first-order valence-corrected chi connectivity index (χ1v) is 12.0. The van der Waals surface area contributed by atoms with E-state index in [0.717, 1.165) is 49.4 Å². The van der Waals surface area contributed by atoms with Crippen LogP contribution in [-0.4, -0.2) is 30.9 Å². The third-order valence-electron chi connectivity index (χ3n) is 7.07. The Morgan fingerprint density at radius 2 is 1.97 bits per heavy atom. The van der Waals surface area contributed by atoms with Crippen molar-refractivity contribution in [2.24, 2.45) is 0 Å². The second kappa shape index (κ2) is 7.77. The predicted molar refractivity (Wildman–Crippen MR) is 133 cm³/mol. The fraction of sp³-hybridized carbons (Fsp3) is 0.385. The molecule has 1 fully saturated rings. The summed E-state index contributed by atoms with van der Waals surface area (Å²) in [5, 5.41) is 7.26. The molecule has 1 aromatic carbocycles. The largest absolute Gasteiger partial charge is 0.324 e. The van der Waals surface area contributed by atoms with Crippen LogP contribution >= 0.6 is 0 Å². The van der Waals surface area contributed by atoms with E-state index in [4.69, 9.17) is 4.98 Å². The monoisotopic (exact) mass is 455 g/mol. The summed E-state index contributed by atoms with van der Waals surface area (Å²) in [6.45, 7) is 8.13. The first kappa shape index (κ1) is 21.0. The van der Waals surface area contributed by atoms with Crippen LogP contribution in [0.2, 0.25) is 0 Å². The van der Waals surface area contributed by atoms with Gasteiger partial charge in [-0.1, -0.05) is 13.0 Å². The lowest BCUT2D eigenvalue weighted by Gasteiger charge is -2.18. The third-order valence-corrected chi connectivity index (χ3v) is 7.07. The molecule has 2 N–H and O–H groups in total. The molecule has 8 nitrogen and oxygen atoms in total. The quantitative estimate of drug-likeness (QED) is 0.473. The van der Waals surface area contributed by atoms with Crippen molar-refractivity contribution in [3.63, 3.8) is 0 Å². The molecule has 0 atom stereocenters. The standard InChI is InChI=1S/C26H29N7O/c1-16(2)32-24(34)21-15-29-25(30-19-5-4-17-6-10-27-14-18(17)12-19)31-23(21)33(32)20-7-11-28-22(13-20)26(3)8-9-26/h4-5,7,11-13,15-16,27H,6,8-10,14H2,1-3H3,(H,29,30,31). The zero-order valence-electron chi connectivity index (χ0n) is 19.8. The molecular weight excluding hydrogens is 426 g/mol. The molecule has 1 aliphatic heterocycles. The Hall–Kier alpha value is -3.52. The highest BCUT2D eigenvalue weighted by Gasteiger charge is 2.40. The summed E-state index contributed by atoms with van der Waals surface area (Å²) in [6.07, 6.45) is 6.78. The summed E-state index contributed by atoms with van der Waals surface area (Å²) in [5.41, 5.74) is 6.19. The maximum Gasteiger partial charge on any atom is 0.278 e. The summed E-state index contributed by atoms with van der Waals surface area (Å²) in [7, 11) is 0. The molecule has 2 aliphatic rings. The second-order valence-electron chi connectivity index (χ2n) is 9.98. The van der Waals surface area contributed by atoms with E-state index in [1.807, 2.05) is 30.8 Å². The van der Waals surface area contributed by atoms with Crippen LogP contribution in [0.15, 0.2) is 47.5 Å². The van der Waals surface area contributed by atoms with Gasteiger partial charge in [0.05, 0.1) is 5.69 Å². The molecule has 6 rings (SSSR count). The molecule has 8 heteroatoms. The number of rotatable bonds is 5. The lowest BCUT2D eigenvalue weighted by molar-refractivity contribution is 0.475. The van der Waals surface area contributed by atoms with Crippen molar-refractivity contribution in [2.75, 3.05) is 11.9 Å². The van der Waals surface area contributed by atoms with Crippen molar-refractivity contribution in [1.29, 1.82) is 0 Å². The van der Waals surface area contributed by atoms with Crippen molar-refractivity contribution in [1.82, 2.24) is 29.6 Å². The fourth-order valence-electron chi connectivity index (χ4n) is 4.79. The molecule has 0 saturated heterocycles. The molecule has 1 aliphatic carbocycles. The Kier molecular flexibility index (Phi) is 4.81. The van der Waals surface area contributed by atoms with Gasteiger partial charge in [0.25, 0.3) is 5.56 Å². The maximum absolute atomic E-state index is 13.3. The van der Waals surface area contributed by atoms with Crippen molar-refractivity contribution < 1.29 is 0 Å². The topological polar surface area (TPSA) is 89.7 Å². The van der Waals surface area contributed by atoms with E-state index in [9.17, 15) is 4.79 Å². The second-order valence-corrected chi connectivity index (χ2v) is 9.98. The average Bonchev–Trinajstić information content (AvgIpc) is 3.53. The molecule has 0 radical (unpaired) electrons. The summed E-state index contributed by atoms with van der Waals surface area (Å²) in [5.74, 6) is 0.467. The third kappa shape index (κ3) is 3.49. The molecule has 0 unspecified atom stereocenters. The number of nitrogens with zero attached hydrogens (tertiary/aromatic N) is 5. The SMILES string of the molecule is CC(C)n1c(=O)c2cnc(Nc3ccc4c(c3)CNCC4)nc2n1-c1ccnc(C2(C)CC2)c1. The zero-order valence-corrected chi connectivity index (χ0v) is 19.8. The number of aromatic nitrogens is 5. The van der Waals surface area contributed by atoms with Gasteiger partial charge in [0.15, 0.2) is 5.65 Å². The molecule has 1 saturated carbocycles. The van der Waals surface area contributed by atoms with Crippen LogP contribution < -0.4 is 16.2 Å². The minimum absolute atomic E-state index is 0.0422. The van der Waals surface area contributed by atoms with Crippen LogP contribution in [0.3, 0.4) is 0 Å². The smallest absolute Gasteiger partial charge is 0.278 e. The maximum atomic E-state index is 13.3. The van der Waals surface area contributed by atoms with E-state index < -0.39 is 0 Å². The molecule has 34 heavy (non-hydrogen) atoms. The Morgan fingerprint density at radius 1 is 1.12 bits per heavy atom. The van der Waals surface area contributed by atoms with E-state index in [-0.39, 0.29) is 17.0 Å². The minimum Gasteiger partial charge on any atom is -0.324 e. The van der Waals surface area contributed by atoms with Gasteiger partial charge in [-0.15, -0.1) is 0 Å². The van der Waals surface area contributed by atoms with Gasteiger partial charge >= 0.3 is 0 Å². The Labute approximate surface area is 198 Å². The van der Waals surface area contributed by atoms with Gasteiger partial charge in [0.2, 0.25) is 5.95 Å². The minimum atomic E-state index is -0.0904. The van der Waals surface area contributed by atoms with Gasteiger partial charge in [0, 0.05) is 41.8 Å². The van der Waals surface area contributed by atoms with Crippen molar-refractivity contribution in [2.45, 2.75) is 58.0 Å². The average molecular weight is 456 g/mol. The lowest BCUT2D eigenvalue weighted by Crippen LogP contribution is -2.24. The fourth-order valence-corrected chi connectivity index (χ4v) is 4.79. The summed E-state index contributed by atoms with van der Waals surface area (Å²) in [4.78, 5) is 27.2. The first-order chi connectivity index (χ1) is 16.4. The van der Waals surface area contributed by atoms with Gasteiger partial charge in [-0.2, -0.15) is 4.98 Å². The highest BCUT2D eigenvalue weighted by molar-refractivity contribution is 5.77. The van der Waals surface area contributed by atoms with E-state index >= 15 is 0 Å². The number of pyridine rings is 1. The number of nitrogens with one attached hydrogen (secondary N) is 2. The molecule has 0 spiro atoms. The summed E-state index contributed by atoms with van der Waals surface area (Å²) in [6, 6.07) is 10.4.